The maximum Gasteiger partial charge on any atom is 0.219 e. The molecule has 2 aliphatic rings. The van der Waals surface area contributed by atoms with Gasteiger partial charge in [-0.1, -0.05) is 0 Å². The van der Waals surface area contributed by atoms with E-state index in [-0.39, 0.29) is 5.91 Å². The smallest absolute Gasteiger partial charge is 0.219 e. The molecule has 0 saturated carbocycles. The van der Waals surface area contributed by atoms with Gasteiger partial charge in [-0.25, -0.2) is 0 Å². The topological polar surface area (TPSA) is 32.3 Å². The van der Waals surface area contributed by atoms with E-state index in [1.165, 1.54) is 0 Å². The highest BCUT2D eigenvalue weighted by Crippen LogP contribution is 2.23. The van der Waals surface area contributed by atoms with Crippen molar-refractivity contribution in [3.05, 3.63) is 0 Å². The SMILES string of the molecule is CC(=O)N1CC[C@H]2NC[C@H]21. The van der Waals surface area contributed by atoms with E-state index in [1.807, 2.05) is 4.90 Å². The Morgan fingerprint density at radius 1 is 1.70 bits per heavy atom. The zero-order valence-corrected chi connectivity index (χ0v) is 6.13. The highest BCUT2D eigenvalue weighted by molar-refractivity contribution is 5.74. The van der Waals surface area contributed by atoms with Crippen molar-refractivity contribution in [2.75, 3.05) is 13.1 Å². The summed E-state index contributed by atoms with van der Waals surface area (Å²) in [5.74, 6) is 0.231. The summed E-state index contributed by atoms with van der Waals surface area (Å²) >= 11 is 0. The molecule has 0 spiro atoms. The molecule has 2 rings (SSSR count). The van der Waals surface area contributed by atoms with Crippen molar-refractivity contribution in [3.63, 3.8) is 0 Å². The number of nitrogens with one attached hydrogen (secondary N) is 1. The number of rotatable bonds is 0. The minimum absolute atomic E-state index is 0.231. The van der Waals surface area contributed by atoms with Gasteiger partial charge in [0.2, 0.25) is 5.91 Å². The molecule has 0 radical (unpaired) electrons. The third-order valence-corrected chi connectivity index (χ3v) is 2.54. The van der Waals surface area contributed by atoms with Gasteiger partial charge in [-0.15, -0.1) is 0 Å². The second-order valence-corrected chi connectivity index (χ2v) is 3.08. The van der Waals surface area contributed by atoms with Crippen LogP contribution in [0.25, 0.3) is 0 Å². The molecule has 56 valence electrons. The zero-order valence-electron chi connectivity index (χ0n) is 6.13. The average Bonchev–Trinajstić information content (AvgIpc) is 2.07. The quantitative estimate of drug-likeness (QED) is 0.495. The lowest BCUT2D eigenvalue weighted by Gasteiger charge is -2.36. The van der Waals surface area contributed by atoms with Gasteiger partial charge < -0.3 is 10.2 Å². The monoisotopic (exact) mass is 140 g/mol. The number of amides is 1. The van der Waals surface area contributed by atoms with Gasteiger partial charge in [-0.2, -0.15) is 0 Å². The Kier molecular flexibility index (Phi) is 1.20. The van der Waals surface area contributed by atoms with E-state index in [1.54, 1.807) is 6.92 Å². The number of nitrogens with zero attached hydrogens (tertiary/aromatic N) is 1. The molecule has 3 heteroatoms. The molecular formula is C7H12N2O. The Morgan fingerprint density at radius 3 is 2.80 bits per heavy atom. The van der Waals surface area contributed by atoms with Gasteiger partial charge in [0.05, 0.1) is 6.04 Å². The first-order valence-electron chi connectivity index (χ1n) is 3.79. The van der Waals surface area contributed by atoms with Gasteiger partial charge in [0.25, 0.3) is 0 Å². The molecule has 0 bridgehead atoms. The van der Waals surface area contributed by atoms with Crippen molar-refractivity contribution in [1.29, 1.82) is 0 Å². The Labute approximate surface area is 60.4 Å². The van der Waals surface area contributed by atoms with Gasteiger partial charge in [0.1, 0.15) is 0 Å². The van der Waals surface area contributed by atoms with Gasteiger partial charge in [0.15, 0.2) is 0 Å². The first-order valence-corrected chi connectivity index (χ1v) is 3.79. The lowest BCUT2D eigenvalue weighted by molar-refractivity contribution is -0.130. The van der Waals surface area contributed by atoms with Crippen molar-refractivity contribution in [1.82, 2.24) is 10.2 Å². The first-order chi connectivity index (χ1) is 4.79. The largest absolute Gasteiger partial charge is 0.337 e. The molecule has 1 N–H and O–H groups in total. The molecule has 0 unspecified atom stereocenters. The Hall–Kier alpha value is -0.570. The summed E-state index contributed by atoms with van der Waals surface area (Å²) in [4.78, 5) is 12.9. The second-order valence-electron chi connectivity index (χ2n) is 3.08. The minimum Gasteiger partial charge on any atom is -0.337 e. The fraction of sp³-hybridized carbons (Fsp3) is 0.857. The minimum atomic E-state index is 0.231. The molecule has 3 nitrogen and oxygen atoms in total. The van der Waals surface area contributed by atoms with E-state index in [0.29, 0.717) is 12.1 Å². The third-order valence-electron chi connectivity index (χ3n) is 2.54. The number of likely N-dealkylation sites (tertiary alicyclic amines) is 1. The van der Waals surface area contributed by atoms with Crippen molar-refractivity contribution in [2.45, 2.75) is 25.4 Å². The van der Waals surface area contributed by atoms with Crippen molar-refractivity contribution in [2.24, 2.45) is 0 Å². The lowest BCUT2D eigenvalue weighted by Crippen LogP contribution is -2.60. The van der Waals surface area contributed by atoms with Gasteiger partial charge >= 0.3 is 0 Å². The van der Waals surface area contributed by atoms with Gasteiger partial charge in [-0.3, -0.25) is 4.79 Å². The van der Waals surface area contributed by atoms with Crippen LogP contribution in [-0.2, 0) is 4.79 Å². The number of hydrogen-bond acceptors (Lipinski definition) is 2. The molecule has 0 aromatic carbocycles. The summed E-state index contributed by atoms with van der Waals surface area (Å²) in [6.45, 7) is 3.61. The third kappa shape index (κ3) is 0.669. The van der Waals surface area contributed by atoms with Crippen molar-refractivity contribution < 1.29 is 4.79 Å². The van der Waals surface area contributed by atoms with E-state index in [9.17, 15) is 4.79 Å². The van der Waals surface area contributed by atoms with Crippen LogP contribution in [0.1, 0.15) is 13.3 Å². The van der Waals surface area contributed by atoms with Crippen molar-refractivity contribution in [3.8, 4) is 0 Å². The Morgan fingerprint density at radius 2 is 2.50 bits per heavy atom. The molecule has 2 fully saturated rings. The fourth-order valence-corrected chi connectivity index (χ4v) is 1.85. The molecule has 2 aliphatic heterocycles. The number of hydrogen-bond donors (Lipinski definition) is 1. The predicted octanol–water partition coefficient (Wildman–Crippen LogP) is -0.421. The van der Waals surface area contributed by atoms with Crippen LogP contribution < -0.4 is 5.32 Å². The summed E-state index contributed by atoms with van der Waals surface area (Å²) in [7, 11) is 0. The van der Waals surface area contributed by atoms with Crippen LogP contribution in [0.4, 0.5) is 0 Å². The van der Waals surface area contributed by atoms with E-state index < -0.39 is 0 Å². The van der Waals surface area contributed by atoms with E-state index in [0.717, 1.165) is 19.5 Å². The Bertz CT molecular complexity index is 169. The Balaban J connectivity index is 2.05. The number of carbonyl (C=O) groups excluding carboxylic acids is 1. The average molecular weight is 140 g/mol. The molecule has 2 atom stereocenters. The van der Waals surface area contributed by atoms with Crippen LogP contribution in [0.2, 0.25) is 0 Å². The molecule has 2 saturated heterocycles. The summed E-state index contributed by atoms with van der Waals surface area (Å²) in [5.41, 5.74) is 0. The fourth-order valence-electron chi connectivity index (χ4n) is 1.85. The summed E-state index contributed by atoms with van der Waals surface area (Å²) in [5, 5.41) is 3.30. The van der Waals surface area contributed by atoms with Crippen LogP contribution in [0, 0.1) is 0 Å². The molecular weight excluding hydrogens is 128 g/mol. The molecule has 10 heavy (non-hydrogen) atoms. The molecule has 0 aromatic rings. The number of carbonyl (C=O) groups is 1. The summed E-state index contributed by atoms with van der Waals surface area (Å²) in [6.07, 6.45) is 1.14. The van der Waals surface area contributed by atoms with Gasteiger partial charge in [-0.05, 0) is 6.42 Å². The van der Waals surface area contributed by atoms with Gasteiger partial charge in [0, 0.05) is 26.1 Å². The van der Waals surface area contributed by atoms with Crippen molar-refractivity contribution >= 4 is 5.91 Å². The predicted molar refractivity (Wildman–Crippen MR) is 37.6 cm³/mol. The van der Waals surface area contributed by atoms with Crippen LogP contribution in [0.5, 0.6) is 0 Å². The highest BCUT2D eigenvalue weighted by Gasteiger charge is 2.41. The summed E-state index contributed by atoms with van der Waals surface area (Å²) < 4.78 is 0. The van der Waals surface area contributed by atoms with E-state index in [2.05, 4.69) is 5.32 Å². The maximum atomic E-state index is 10.9. The standard InChI is InChI=1S/C7H12N2O/c1-5(10)9-3-2-6-7(9)4-8-6/h6-8H,2-4H2,1H3/t6-,7-/m1/s1. The maximum absolute atomic E-state index is 10.9. The normalized spacial score (nSPS) is 37.1. The summed E-state index contributed by atoms with van der Waals surface area (Å²) in [6, 6.07) is 1.14. The zero-order chi connectivity index (χ0) is 7.14. The number of fused-ring (bicyclic) bond motifs is 1. The van der Waals surface area contributed by atoms with Crippen LogP contribution in [-0.4, -0.2) is 36.0 Å². The van der Waals surface area contributed by atoms with E-state index in [4.69, 9.17) is 0 Å². The molecule has 0 aromatic heterocycles. The molecule has 2 heterocycles. The molecule has 1 amide bonds. The second kappa shape index (κ2) is 1.95. The first kappa shape index (κ1) is 6.16. The van der Waals surface area contributed by atoms with E-state index >= 15 is 0 Å². The molecule has 0 aliphatic carbocycles. The van der Waals surface area contributed by atoms with Crippen LogP contribution in [0.15, 0.2) is 0 Å². The van der Waals surface area contributed by atoms with Crippen LogP contribution in [0.3, 0.4) is 0 Å². The lowest BCUT2D eigenvalue weighted by atomic mass is 10.0. The van der Waals surface area contributed by atoms with Crippen LogP contribution >= 0.6 is 0 Å². The highest BCUT2D eigenvalue weighted by atomic mass is 16.2.